The van der Waals surface area contributed by atoms with E-state index in [1.807, 2.05) is 12.1 Å². The van der Waals surface area contributed by atoms with Gasteiger partial charge in [0, 0.05) is 6.42 Å². The van der Waals surface area contributed by atoms with Gasteiger partial charge in [-0.25, -0.2) is 4.79 Å². The van der Waals surface area contributed by atoms with Crippen LogP contribution in [0.4, 0.5) is 4.39 Å². The average molecular weight is 435 g/mol. The maximum atomic E-state index is 12.1. The minimum absolute atomic E-state index is 0.101. The van der Waals surface area contributed by atoms with Gasteiger partial charge >= 0.3 is 5.97 Å². The fourth-order valence-corrected chi connectivity index (χ4v) is 5.47. The second-order valence-corrected chi connectivity index (χ2v) is 9.34. The molecule has 31 heavy (non-hydrogen) atoms. The number of ether oxygens (including phenoxy) is 2. The van der Waals surface area contributed by atoms with Crippen LogP contribution >= 0.6 is 0 Å². The molecule has 0 spiro atoms. The number of benzene rings is 1. The third-order valence-electron chi connectivity index (χ3n) is 7.17. The zero-order valence-corrected chi connectivity index (χ0v) is 19.0. The molecule has 3 rings (SSSR count). The Morgan fingerprint density at radius 3 is 2.87 bits per heavy atom. The average Bonchev–Trinajstić information content (AvgIpc) is 3.17. The fraction of sp³-hybridized carbons (Fsp3) is 0.731. The molecule has 1 aromatic carbocycles. The first-order valence-electron chi connectivity index (χ1n) is 12.3. The summed E-state index contributed by atoms with van der Waals surface area (Å²) in [7, 11) is 0. The van der Waals surface area contributed by atoms with E-state index in [4.69, 9.17) is 9.47 Å². The van der Waals surface area contributed by atoms with Crippen molar-refractivity contribution < 1.29 is 23.8 Å². The Morgan fingerprint density at radius 1 is 1.19 bits per heavy atom. The normalized spacial score (nSPS) is 23.1. The van der Waals surface area contributed by atoms with E-state index in [-0.39, 0.29) is 25.7 Å². The standard InChI is InChI=1S/C26H39FO4/c1-2-3-4-8-22(28)13-12-19-10-11-21-17-24-20(16-23(19)21)7-5-9-25(24)31-18-26(29)30-15-6-14-27/h5,7,9,19,21-23,28H,2-4,6,8,10-18H2,1H3. The van der Waals surface area contributed by atoms with Crippen molar-refractivity contribution in [1.29, 1.82) is 0 Å². The number of hydrogen-bond acceptors (Lipinski definition) is 4. The van der Waals surface area contributed by atoms with Crippen molar-refractivity contribution in [3.63, 3.8) is 0 Å². The number of carbonyl (C=O) groups excluding carboxylic acids is 1. The van der Waals surface area contributed by atoms with Gasteiger partial charge in [-0.05, 0) is 79.9 Å². The van der Waals surface area contributed by atoms with Crippen molar-refractivity contribution in [3.05, 3.63) is 29.3 Å². The van der Waals surface area contributed by atoms with Gasteiger partial charge in [0.15, 0.2) is 6.61 Å². The number of fused-ring (bicyclic) bond motifs is 2. The number of unbranched alkanes of at least 4 members (excludes halogenated alkanes) is 2. The Kier molecular flexibility index (Phi) is 9.63. The van der Waals surface area contributed by atoms with Crippen LogP contribution in [-0.4, -0.2) is 37.1 Å². The first kappa shape index (κ1) is 24.0. The van der Waals surface area contributed by atoms with Gasteiger partial charge in [-0.3, -0.25) is 4.39 Å². The number of hydrogen-bond donors (Lipinski definition) is 1. The first-order valence-corrected chi connectivity index (χ1v) is 12.3. The Bertz CT molecular complexity index is 692. The summed E-state index contributed by atoms with van der Waals surface area (Å²) in [6.07, 6.45) is 11.2. The highest BCUT2D eigenvalue weighted by atomic mass is 19.1. The molecular weight excluding hydrogens is 395 g/mol. The van der Waals surface area contributed by atoms with Gasteiger partial charge < -0.3 is 14.6 Å². The summed E-state index contributed by atoms with van der Waals surface area (Å²) in [6, 6.07) is 6.13. The van der Waals surface area contributed by atoms with Crippen LogP contribution < -0.4 is 4.74 Å². The molecule has 0 radical (unpaired) electrons. The number of carbonyl (C=O) groups is 1. The molecule has 0 aromatic heterocycles. The minimum Gasteiger partial charge on any atom is -0.482 e. The maximum absolute atomic E-state index is 12.1. The molecule has 0 saturated heterocycles. The number of alkyl halides is 1. The van der Waals surface area contributed by atoms with Crippen molar-refractivity contribution in [2.24, 2.45) is 17.8 Å². The van der Waals surface area contributed by atoms with Gasteiger partial charge in [0.2, 0.25) is 0 Å². The Labute approximate surface area is 186 Å². The quantitative estimate of drug-likeness (QED) is 0.332. The molecule has 0 amide bonds. The predicted molar refractivity (Wildman–Crippen MR) is 120 cm³/mol. The van der Waals surface area contributed by atoms with Crippen molar-refractivity contribution in [1.82, 2.24) is 0 Å². The molecule has 0 aliphatic heterocycles. The number of esters is 1. The van der Waals surface area contributed by atoms with Gasteiger partial charge in [0.05, 0.1) is 19.4 Å². The highest BCUT2D eigenvalue weighted by molar-refractivity contribution is 5.71. The topological polar surface area (TPSA) is 55.8 Å². The third-order valence-corrected chi connectivity index (χ3v) is 7.17. The molecule has 1 N–H and O–H groups in total. The molecule has 2 aliphatic rings. The number of rotatable bonds is 13. The maximum Gasteiger partial charge on any atom is 0.344 e. The van der Waals surface area contributed by atoms with Gasteiger partial charge in [0.25, 0.3) is 0 Å². The summed E-state index contributed by atoms with van der Waals surface area (Å²) in [4.78, 5) is 11.8. The summed E-state index contributed by atoms with van der Waals surface area (Å²) in [6.45, 7) is 1.68. The van der Waals surface area contributed by atoms with Crippen LogP contribution in [0.5, 0.6) is 5.75 Å². The zero-order valence-electron chi connectivity index (χ0n) is 19.0. The highest BCUT2D eigenvalue weighted by Crippen LogP contribution is 2.48. The lowest BCUT2D eigenvalue weighted by molar-refractivity contribution is -0.146. The van der Waals surface area contributed by atoms with Crippen LogP contribution in [0.2, 0.25) is 0 Å². The van der Waals surface area contributed by atoms with Crippen LogP contribution in [0.25, 0.3) is 0 Å². The van der Waals surface area contributed by atoms with Gasteiger partial charge in [0.1, 0.15) is 5.75 Å². The van der Waals surface area contributed by atoms with E-state index in [1.165, 1.54) is 36.8 Å². The molecule has 4 nitrogen and oxygen atoms in total. The van der Waals surface area contributed by atoms with Crippen molar-refractivity contribution in [3.8, 4) is 5.75 Å². The number of halogens is 1. The summed E-state index contributed by atoms with van der Waals surface area (Å²) in [5.41, 5.74) is 2.57. The Balaban J connectivity index is 1.52. The molecule has 5 heteroatoms. The van der Waals surface area contributed by atoms with E-state index < -0.39 is 12.6 Å². The predicted octanol–water partition coefficient (Wildman–Crippen LogP) is 5.43. The van der Waals surface area contributed by atoms with E-state index in [1.54, 1.807) is 0 Å². The Hall–Kier alpha value is -1.62. The van der Waals surface area contributed by atoms with E-state index in [2.05, 4.69) is 13.0 Å². The molecule has 0 heterocycles. The minimum atomic E-state index is -0.484. The van der Waals surface area contributed by atoms with Crippen LogP contribution in [0, 0.1) is 17.8 Å². The molecule has 1 fully saturated rings. The summed E-state index contributed by atoms with van der Waals surface area (Å²) in [5.74, 6) is 2.40. The summed E-state index contributed by atoms with van der Waals surface area (Å²) in [5, 5.41) is 10.3. The van der Waals surface area contributed by atoms with Gasteiger partial charge in [-0.1, -0.05) is 38.3 Å². The molecule has 1 aromatic rings. The van der Waals surface area contributed by atoms with Crippen LogP contribution in [0.15, 0.2) is 18.2 Å². The lowest BCUT2D eigenvalue weighted by Gasteiger charge is -2.32. The van der Waals surface area contributed by atoms with Crippen LogP contribution in [0.3, 0.4) is 0 Å². The van der Waals surface area contributed by atoms with Crippen molar-refractivity contribution >= 4 is 5.97 Å². The van der Waals surface area contributed by atoms with Crippen molar-refractivity contribution in [2.75, 3.05) is 19.9 Å². The van der Waals surface area contributed by atoms with Gasteiger partial charge in [-0.2, -0.15) is 0 Å². The molecule has 4 unspecified atom stereocenters. The smallest absolute Gasteiger partial charge is 0.344 e. The highest BCUT2D eigenvalue weighted by Gasteiger charge is 2.39. The van der Waals surface area contributed by atoms with E-state index in [9.17, 15) is 14.3 Å². The Morgan fingerprint density at radius 2 is 2.06 bits per heavy atom. The lowest BCUT2D eigenvalue weighted by atomic mass is 9.73. The monoisotopic (exact) mass is 434 g/mol. The van der Waals surface area contributed by atoms with E-state index in [0.29, 0.717) is 17.8 Å². The molecule has 0 bridgehead atoms. The number of aliphatic hydroxyl groups is 1. The van der Waals surface area contributed by atoms with E-state index >= 15 is 0 Å². The largest absolute Gasteiger partial charge is 0.482 e. The molecule has 2 aliphatic carbocycles. The zero-order chi connectivity index (χ0) is 22.1. The number of aliphatic hydroxyl groups excluding tert-OH is 1. The molecule has 174 valence electrons. The van der Waals surface area contributed by atoms with Crippen LogP contribution in [0.1, 0.15) is 75.8 Å². The first-order chi connectivity index (χ1) is 15.1. The van der Waals surface area contributed by atoms with E-state index in [0.717, 1.165) is 44.3 Å². The molecule has 4 atom stereocenters. The van der Waals surface area contributed by atoms with Crippen LogP contribution in [-0.2, 0) is 22.4 Å². The van der Waals surface area contributed by atoms with Crippen molar-refractivity contribution in [2.45, 2.75) is 83.7 Å². The second kappa shape index (κ2) is 12.4. The fourth-order valence-electron chi connectivity index (χ4n) is 5.47. The third kappa shape index (κ3) is 6.93. The molecule has 1 saturated carbocycles. The van der Waals surface area contributed by atoms with Gasteiger partial charge in [-0.15, -0.1) is 0 Å². The lowest BCUT2D eigenvalue weighted by Crippen LogP contribution is -2.26. The summed E-state index contributed by atoms with van der Waals surface area (Å²) < 4.78 is 22.9. The molecular formula is C26H39FO4. The summed E-state index contributed by atoms with van der Waals surface area (Å²) >= 11 is 0. The second-order valence-electron chi connectivity index (χ2n) is 9.34. The SMILES string of the molecule is CCCCCC(O)CCC1CCC2Cc3c(cccc3OCC(=O)OCCCF)CC12.